The second-order valence-electron chi connectivity index (χ2n) is 8.97. The highest BCUT2D eigenvalue weighted by atomic mass is 35.5. The number of hydrogen-bond donors (Lipinski definition) is 1. The molecule has 2 aliphatic carbocycles. The molecule has 2 aliphatic rings. The number of rotatable bonds is 7. The Morgan fingerprint density at radius 3 is 2.06 bits per heavy atom. The maximum absolute atomic E-state index is 13.5. The Hall–Kier alpha value is -2.41. The van der Waals surface area contributed by atoms with Crippen molar-refractivity contribution in [3.63, 3.8) is 0 Å². The first-order valence-electron chi connectivity index (χ1n) is 10.9. The molecule has 0 bridgehead atoms. The van der Waals surface area contributed by atoms with Crippen LogP contribution >= 0.6 is 11.6 Å². The predicted molar refractivity (Wildman–Crippen MR) is 126 cm³/mol. The van der Waals surface area contributed by atoms with Gasteiger partial charge in [0, 0.05) is 23.0 Å². The Labute approximate surface area is 193 Å². The van der Waals surface area contributed by atoms with Gasteiger partial charge in [-0.15, -0.1) is 0 Å². The zero-order chi connectivity index (χ0) is 22.6. The number of Topliss-reactive ketones (excluding diaryl/α,β-unsaturated/α-hetero) is 1. The van der Waals surface area contributed by atoms with E-state index in [1.807, 2.05) is 31.2 Å². The fourth-order valence-electron chi connectivity index (χ4n) is 4.42. The van der Waals surface area contributed by atoms with Crippen LogP contribution in [0.1, 0.15) is 41.6 Å². The third-order valence-corrected chi connectivity index (χ3v) is 7.59. The Morgan fingerprint density at radius 2 is 1.53 bits per heavy atom. The van der Waals surface area contributed by atoms with Gasteiger partial charge >= 0.3 is 0 Å². The Bertz CT molecular complexity index is 1300. The molecular formula is C25H25ClN2O3S. The molecule has 1 heterocycles. The third-order valence-electron chi connectivity index (χ3n) is 6.41. The molecule has 2 aromatic carbocycles. The topological polar surface area (TPSA) is 82.2 Å². The molecule has 0 aliphatic heterocycles. The summed E-state index contributed by atoms with van der Waals surface area (Å²) in [6.07, 6.45) is 4.19. The number of benzene rings is 2. The van der Waals surface area contributed by atoms with Crippen LogP contribution in [0.3, 0.4) is 0 Å². The Kier molecular flexibility index (Phi) is 5.27. The summed E-state index contributed by atoms with van der Waals surface area (Å²) in [6.45, 7) is 2.84. The van der Waals surface area contributed by atoms with Crippen molar-refractivity contribution < 1.29 is 13.2 Å². The number of nitrogens with two attached hydrogens (primary N) is 1. The van der Waals surface area contributed by atoms with E-state index in [0.29, 0.717) is 10.9 Å². The average Bonchev–Trinajstić information content (AvgIpc) is 3.66. The molecule has 32 heavy (non-hydrogen) atoms. The maximum atomic E-state index is 13.5. The Morgan fingerprint density at radius 1 is 0.969 bits per heavy atom. The van der Waals surface area contributed by atoms with Crippen LogP contribution in [0.25, 0.3) is 22.5 Å². The number of ketones is 1. The van der Waals surface area contributed by atoms with Crippen LogP contribution in [0, 0.1) is 18.8 Å². The molecule has 166 valence electrons. The molecule has 2 N–H and O–H groups in total. The zero-order valence-electron chi connectivity index (χ0n) is 17.8. The first-order valence-corrected chi connectivity index (χ1v) is 12.8. The number of carbonyl (C=O) groups excluding carboxylic acids is 1. The van der Waals surface area contributed by atoms with Gasteiger partial charge in [0.1, 0.15) is 0 Å². The first kappa shape index (κ1) is 21.4. The van der Waals surface area contributed by atoms with Crippen LogP contribution in [-0.4, -0.2) is 18.8 Å². The van der Waals surface area contributed by atoms with Gasteiger partial charge in [0.2, 0.25) is 10.0 Å². The standard InChI is InChI=1S/C25H25ClN2O3S/c1-15-22(25(29)19-4-5-19)24(18-8-12-21(13-9-18)32(27,30)31)28(14-16-2-3-16)23(15)17-6-10-20(26)11-7-17/h6-13,16,19H,2-5,14H2,1H3,(H2,27,30,31). The normalized spacial score (nSPS) is 16.3. The molecule has 0 unspecified atom stereocenters. The fourth-order valence-corrected chi connectivity index (χ4v) is 5.06. The molecule has 1 aromatic heterocycles. The lowest BCUT2D eigenvalue weighted by Crippen LogP contribution is -2.12. The first-order chi connectivity index (χ1) is 15.2. The number of nitrogens with zero attached hydrogens (tertiary/aromatic N) is 1. The van der Waals surface area contributed by atoms with Crippen molar-refractivity contribution in [2.45, 2.75) is 44.0 Å². The molecule has 7 heteroatoms. The molecule has 5 rings (SSSR count). The molecule has 3 aromatic rings. The van der Waals surface area contributed by atoms with Crippen molar-refractivity contribution in [2.75, 3.05) is 0 Å². The van der Waals surface area contributed by atoms with E-state index in [-0.39, 0.29) is 16.6 Å². The van der Waals surface area contributed by atoms with E-state index in [0.717, 1.165) is 53.0 Å². The summed E-state index contributed by atoms with van der Waals surface area (Å²) in [5, 5.41) is 5.96. The van der Waals surface area contributed by atoms with Gasteiger partial charge in [-0.3, -0.25) is 4.79 Å². The maximum Gasteiger partial charge on any atom is 0.238 e. The van der Waals surface area contributed by atoms with Crippen LogP contribution in [-0.2, 0) is 16.6 Å². The SMILES string of the molecule is Cc1c(C(=O)C2CC2)c(-c2ccc(S(N)(=O)=O)cc2)n(CC2CC2)c1-c1ccc(Cl)cc1. The van der Waals surface area contributed by atoms with Crippen molar-refractivity contribution >= 4 is 27.4 Å². The summed E-state index contributed by atoms with van der Waals surface area (Å²) in [6, 6.07) is 14.3. The summed E-state index contributed by atoms with van der Waals surface area (Å²) in [5.41, 5.74) is 5.47. The molecule has 2 fully saturated rings. The minimum absolute atomic E-state index is 0.0614. The van der Waals surface area contributed by atoms with Gasteiger partial charge in [0.25, 0.3) is 0 Å². The summed E-state index contributed by atoms with van der Waals surface area (Å²) in [5.74, 6) is 0.836. The summed E-state index contributed by atoms with van der Waals surface area (Å²) >= 11 is 6.14. The summed E-state index contributed by atoms with van der Waals surface area (Å²) < 4.78 is 25.8. The monoisotopic (exact) mass is 468 g/mol. The van der Waals surface area contributed by atoms with Crippen LogP contribution in [0.15, 0.2) is 53.4 Å². The van der Waals surface area contributed by atoms with Crippen LogP contribution < -0.4 is 5.14 Å². The molecule has 5 nitrogen and oxygen atoms in total. The van der Waals surface area contributed by atoms with Gasteiger partial charge in [-0.2, -0.15) is 0 Å². The van der Waals surface area contributed by atoms with Gasteiger partial charge in [0.05, 0.1) is 16.3 Å². The fraction of sp³-hybridized carbons (Fsp3) is 0.320. The Balaban J connectivity index is 1.75. The number of primary sulfonamides is 1. The summed E-state index contributed by atoms with van der Waals surface area (Å²) in [4.78, 5) is 13.5. The van der Waals surface area contributed by atoms with E-state index in [1.165, 1.54) is 25.0 Å². The lowest BCUT2D eigenvalue weighted by Gasteiger charge is -2.15. The van der Waals surface area contributed by atoms with Gasteiger partial charge in [-0.05, 0) is 79.5 Å². The molecular weight excluding hydrogens is 444 g/mol. The van der Waals surface area contributed by atoms with E-state index in [9.17, 15) is 13.2 Å². The number of carbonyl (C=O) groups is 1. The summed E-state index contributed by atoms with van der Waals surface area (Å²) in [7, 11) is -3.79. The smallest absolute Gasteiger partial charge is 0.238 e. The lowest BCUT2D eigenvalue weighted by molar-refractivity contribution is 0.0967. The van der Waals surface area contributed by atoms with E-state index in [2.05, 4.69) is 4.57 Å². The number of halogens is 1. The highest BCUT2D eigenvalue weighted by Gasteiger charge is 2.37. The zero-order valence-corrected chi connectivity index (χ0v) is 19.4. The van der Waals surface area contributed by atoms with Crippen molar-refractivity contribution in [3.8, 4) is 22.5 Å². The van der Waals surface area contributed by atoms with Gasteiger partial charge in [0.15, 0.2) is 5.78 Å². The van der Waals surface area contributed by atoms with Crippen molar-refractivity contribution in [1.29, 1.82) is 0 Å². The van der Waals surface area contributed by atoms with Gasteiger partial charge < -0.3 is 4.57 Å². The molecule has 0 saturated heterocycles. The lowest BCUT2D eigenvalue weighted by atomic mass is 9.97. The highest BCUT2D eigenvalue weighted by Crippen LogP contribution is 2.44. The van der Waals surface area contributed by atoms with Crippen LogP contribution in [0.5, 0.6) is 0 Å². The van der Waals surface area contributed by atoms with E-state index < -0.39 is 10.0 Å². The molecule has 2 saturated carbocycles. The molecule has 0 radical (unpaired) electrons. The third kappa shape index (κ3) is 4.03. The number of aromatic nitrogens is 1. The highest BCUT2D eigenvalue weighted by molar-refractivity contribution is 7.89. The minimum atomic E-state index is -3.79. The van der Waals surface area contributed by atoms with Crippen molar-refractivity contribution in [3.05, 3.63) is 64.7 Å². The van der Waals surface area contributed by atoms with E-state index in [4.69, 9.17) is 16.7 Å². The van der Waals surface area contributed by atoms with Crippen molar-refractivity contribution in [1.82, 2.24) is 4.57 Å². The average molecular weight is 469 g/mol. The largest absolute Gasteiger partial charge is 0.339 e. The molecule has 0 spiro atoms. The number of sulfonamides is 1. The van der Waals surface area contributed by atoms with Gasteiger partial charge in [-0.1, -0.05) is 35.9 Å². The quantitative estimate of drug-likeness (QED) is 0.469. The van der Waals surface area contributed by atoms with Crippen LogP contribution in [0.4, 0.5) is 0 Å². The minimum Gasteiger partial charge on any atom is -0.339 e. The second kappa shape index (κ2) is 7.87. The van der Waals surface area contributed by atoms with Gasteiger partial charge in [-0.25, -0.2) is 13.6 Å². The van der Waals surface area contributed by atoms with Crippen molar-refractivity contribution in [2.24, 2.45) is 17.0 Å². The second-order valence-corrected chi connectivity index (χ2v) is 11.0. The van der Waals surface area contributed by atoms with E-state index >= 15 is 0 Å². The number of hydrogen-bond acceptors (Lipinski definition) is 3. The van der Waals surface area contributed by atoms with E-state index in [1.54, 1.807) is 12.1 Å². The predicted octanol–water partition coefficient (Wildman–Crippen LogP) is 5.43. The molecule has 0 atom stereocenters. The van der Waals surface area contributed by atoms with Crippen LogP contribution in [0.2, 0.25) is 5.02 Å². The molecule has 0 amide bonds.